The highest BCUT2D eigenvalue weighted by molar-refractivity contribution is 5.76. The van der Waals surface area contributed by atoms with Crippen molar-refractivity contribution in [2.45, 2.75) is 32.1 Å². The quantitative estimate of drug-likeness (QED) is 0.699. The van der Waals surface area contributed by atoms with Crippen LogP contribution in [-0.2, 0) is 9.59 Å². The van der Waals surface area contributed by atoms with Crippen LogP contribution in [0.5, 0.6) is 0 Å². The molecule has 2 amide bonds. The monoisotopic (exact) mass is 267 g/mol. The van der Waals surface area contributed by atoms with Crippen LogP contribution in [-0.4, -0.2) is 72.8 Å². The van der Waals surface area contributed by atoms with Crippen LogP contribution < -0.4 is 0 Å². The predicted molar refractivity (Wildman–Crippen MR) is 73.7 cm³/mol. The summed E-state index contributed by atoms with van der Waals surface area (Å²) in [5.41, 5.74) is 0. The van der Waals surface area contributed by atoms with Crippen molar-refractivity contribution in [1.82, 2.24) is 14.7 Å². The van der Waals surface area contributed by atoms with Crippen molar-refractivity contribution in [3.05, 3.63) is 0 Å². The third kappa shape index (κ3) is 4.49. The second-order valence-corrected chi connectivity index (χ2v) is 5.53. The van der Waals surface area contributed by atoms with Crippen LogP contribution >= 0.6 is 0 Å². The molecule has 19 heavy (non-hydrogen) atoms. The van der Waals surface area contributed by atoms with Crippen molar-refractivity contribution < 1.29 is 9.59 Å². The molecule has 2 aliphatic heterocycles. The first kappa shape index (κ1) is 14.3. The Balaban J connectivity index is 1.67. The smallest absolute Gasteiger partial charge is 0.223 e. The van der Waals surface area contributed by atoms with Gasteiger partial charge in [-0.3, -0.25) is 9.59 Å². The van der Waals surface area contributed by atoms with Gasteiger partial charge in [-0.05, 0) is 25.9 Å². The molecule has 2 rings (SSSR count). The molecule has 0 saturated carbocycles. The number of nitrogens with zero attached hydrogens (tertiary/aromatic N) is 3. The van der Waals surface area contributed by atoms with Gasteiger partial charge in [-0.15, -0.1) is 0 Å². The molecule has 0 unspecified atom stereocenters. The van der Waals surface area contributed by atoms with Crippen LogP contribution in [0.3, 0.4) is 0 Å². The molecule has 2 heterocycles. The fourth-order valence-electron chi connectivity index (χ4n) is 2.85. The molecular formula is C14H25N3O2. The second-order valence-electron chi connectivity index (χ2n) is 5.53. The van der Waals surface area contributed by atoms with Gasteiger partial charge in [-0.1, -0.05) is 12.8 Å². The topological polar surface area (TPSA) is 43.9 Å². The molecule has 0 bridgehead atoms. The van der Waals surface area contributed by atoms with Gasteiger partial charge in [0.1, 0.15) is 0 Å². The highest BCUT2D eigenvalue weighted by Crippen LogP contribution is 2.10. The first-order chi connectivity index (χ1) is 9.29. The summed E-state index contributed by atoms with van der Waals surface area (Å²) in [6.45, 7) is 5.93. The van der Waals surface area contributed by atoms with E-state index in [0.717, 1.165) is 26.0 Å². The Hall–Kier alpha value is -1.10. The summed E-state index contributed by atoms with van der Waals surface area (Å²) in [5.74, 6) is 0.245. The van der Waals surface area contributed by atoms with E-state index in [1.807, 2.05) is 4.90 Å². The van der Waals surface area contributed by atoms with Crippen LogP contribution in [0, 0.1) is 0 Å². The number of hydrogen-bond acceptors (Lipinski definition) is 3. The second kappa shape index (κ2) is 7.48. The number of likely N-dealkylation sites (tertiary alicyclic amines) is 1. The van der Waals surface area contributed by atoms with Crippen molar-refractivity contribution in [3.63, 3.8) is 0 Å². The van der Waals surface area contributed by atoms with E-state index in [9.17, 15) is 9.59 Å². The minimum Gasteiger partial charge on any atom is -0.342 e. The number of amides is 2. The summed E-state index contributed by atoms with van der Waals surface area (Å²) in [7, 11) is 0. The lowest BCUT2D eigenvalue weighted by molar-refractivity contribution is -0.135. The molecule has 0 spiro atoms. The van der Waals surface area contributed by atoms with Crippen molar-refractivity contribution in [1.29, 1.82) is 0 Å². The summed E-state index contributed by atoms with van der Waals surface area (Å²) in [5, 5.41) is 0. The van der Waals surface area contributed by atoms with Crippen molar-refractivity contribution in [2.24, 2.45) is 0 Å². The van der Waals surface area contributed by atoms with E-state index in [0.29, 0.717) is 32.6 Å². The van der Waals surface area contributed by atoms with Crippen molar-refractivity contribution >= 4 is 12.3 Å². The van der Waals surface area contributed by atoms with E-state index in [2.05, 4.69) is 4.90 Å². The fourth-order valence-corrected chi connectivity index (χ4v) is 2.85. The number of carbonyl (C=O) groups is 2. The van der Waals surface area contributed by atoms with Gasteiger partial charge >= 0.3 is 0 Å². The van der Waals surface area contributed by atoms with E-state index < -0.39 is 0 Å². The minimum absolute atomic E-state index is 0.245. The maximum absolute atomic E-state index is 12.1. The molecule has 0 N–H and O–H groups in total. The molecule has 0 atom stereocenters. The number of carbonyl (C=O) groups excluding carboxylic acids is 2. The molecule has 5 nitrogen and oxygen atoms in total. The maximum atomic E-state index is 12.1. The Morgan fingerprint density at radius 1 is 0.895 bits per heavy atom. The lowest BCUT2D eigenvalue weighted by Gasteiger charge is -2.33. The van der Waals surface area contributed by atoms with Crippen molar-refractivity contribution in [3.8, 4) is 0 Å². The Morgan fingerprint density at radius 2 is 1.53 bits per heavy atom. The van der Waals surface area contributed by atoms with Gasteiger partial charge < -0.3 is 14.7 Å². The molecule has 2 saturated heterocycles. The normalized spacial score (nSPS) is 22.1. The first-order valence-electron chi connectivity index (χ1n) is 7.49. The molecule has 0 aromatic carbocycles. The zero-order valence-electron chi connectivity index (χ0n) is 11.7. The molecule has 5 heteroatoms. The van der Waals surface area contributed by atoms with Crippen LogP contribution in [0.4, 0.5) is 0 Å². The van der Waals surface area contributed by atoms with Gasteiger partial charge in [-0.25, -0.2) is 0 Å². The average Bonchev–Trinajstić information content (AvgIpc) is 2.73. The number of piperazine rings is 1. The van der Waals surface area contributed by atoms with Gasteiger partial charge in [0.05, 0.1) is 0 Å². The standard InChI is InChI=1S/C14H25N3O2/c18-13-16-9-11-17(12-10-16)14(19)5-8-15-6-3-1-2-4-7-15/h13H,1-12H2. The van der Waals surface area contributed by atoms with E-state index >= 15 is 0 Å². The summed E-state index contributed by atoms with van der Waals surface area (Å²) in [6, 6.07) is 0. The molecule has 108 valence electrons. The summed E-state index contributed by atoms with van der Waals surface area (Å²) >= 11 is 0. The van der Waals surface area contributed by atoms with E-state index in [-0.39, 0.29) is 5.91 Å². The Labute approximate surface area is 115 Å². The fraction of sp³-hybridized carbons (Fsp3) is 0.857. The van der Waals surface area contributed by atoms with Gasteiger partial charge in [0.2, 0.25) is 12.3 Å². The Kier molecular flexibility index (Phi) is 5.63. The lowest BCUT2D eigenvalue weighted by atomic mass is 10.2. The van der Waals surface area contributed by atoms with Crippen LogP contribution in [0.25, 0.3) is 0 Å². The summed E-state index contributed by atoms with van der Waals surface area (Å²) in [4.78, 5) is 28.8. The molecule has 2 aliphatic rings. The lowest BCUT2D eigenvalue weighted by Crippen LogP contribution is -2.48. The molecule has 0 radical (unpaired) electrons. The highest BCUT2D eigenvalue weighted by Gasteiger charge is 2.20. The maximum Gasteiger partial charge on any atom is 0.223 e. The largest absolute Gasteiger partial charge is 0.342 e. The number of rotatable bonds is 4. The molecular weight excluding hydrogens is 242 g/mol. The molecule has 2 fully saturated rings. The van der Waals surface area contributed by atoms with Gasteiger partial charge in [-0.2, -0.15) is 0 Å². The van der Waals surface area contributed by atoms with Crippen LogP contribution in [0.1, 0.15) is 32.1 Å². The van der Waals surface area contributed by atoms with E-state index in [1.54, 1.807) is 4.90 Å². The average molecular weight is 267 g/mol. The van der Waals surface area contributed by atoms with E-state index in [1.165, 1.54) is 25.7 Å². The minimum atomic E-state index is 0.245. The molecule has 0 aromatic heterocycles. The number of hydrogen-bond donors (Lipinski definition) is 0. The predicted octanol–water partition coefficient (Wildman–Crippen LogP) is 0.553. The van der Waals surface area contributed by atoms with Crippen molar-refractivity contribution in [2.75, 3.05) is 45.8 Å². The SMILES string of the molecule is O=CN1CCN(C(=O)CCN2CCCCCC2)CC1. The Morgan fingerprint density at radius 3 is 2.11 bits per heavy atom. The van der Waals surface area contributed by atoms with Crippen LogP contribution in [0.15, 0.2) is 0 Å². The van der Waals surface area contributed by atoms with Gasteiger partial charge in [0, 0.05) is 39.1 Å². The van der Waals surface area contributed by atoms with Crippen LogP contribution in [0.2, 0.25) is 0 Å². The zero-order chi connectivity index (χ0) is 13.5. The third-order valence-electron chi connectivity index (χ3n) is 4.16. The third-order valence-corrected chi connectivity index (χ3v) is 4.16. The van der Waals surface area contributed by atoms with Gasteiger partial charge in [0.15, 0.2) is 0 Å². The van der Waals surface area contributed by atoms with Gasteiger partial charge in [0.25, 0.3) is 0 Å². The summed E-state index contributed by atoms with van der Waals surface area (Å²) < 4.78 is 0. The molecule has 0 aliphatic carbocycles. The first-order valence-corrected chi connectivity index (χ1v) is 7.49. The zero-order valence-corrected chi connectivity index (χ0v) is 11.7. The summed E-state index contributed by atoms with van der Waals surface area (Å²) in [6.07, 6.45) is 6.70. The van der Waals surface area contributed by atoms with E-state index in [4.69, 9.17) is 0 Å². The Bertz CT molecular complexity index is 293. The molecule has 0 aromatic rings. The highest BCUT2D eigenvalue weighted by atomic mass is 16.2.